The van der Waals surface area contributed by atoms with E-state index in [1.807, 2.05) is 44.2 Å². The lowest BCUT2D eigenvalue weighted by Crippen LogP contribution is -2.52. The van der Waals surface area contributed by atoms with Crippen LogP contribution in [0, 0.1) is 23.0 Å². The standard InChI is InChI=1S/C32H38N6O9S/c1-20(2)17-37(48(44,45)24-11-12-25-26(16-24)35-31(34-25)36-32(41)46-4)18-28(39)27(15-22-8-6-5-7-9-22)33-30(40)19-47-29-13-10-23(38(42)43)14-21(29)3/h5-14,16,20,27-28,39H,15,17-19H2,1-4H3,(H,33,40)(H2,34,35,36,41)/t27-,28+/m0/s1. The third-order valence-corrected chi connectivity index (χ3v) is 9.12. The molecule has 4 aromatic rings. The van der Waals surface area contributed by atoms with E-state index in [0.717, 1.165) is 5.56 Å². The van der Waals surface area contributed by atoms with Crippen molar-refractivity contribution < 1.29 is 37.5 Å². The number of aromatic nitrogens is 2. The van der Waals surface area contributed by atoms with E-state index in [-0.39, 0.29) is 47.7 Å². The van der Waals surface area contributed by atoms with E-state index in [2.05, 4.69) is 25.3 Å². The summed E-state index contributed by atoms with van der Waals surface area (Å²) in [4.78, 5) is 42.2. The largest absolute Gasteiger partial charge is 0.484 e. The average molecular weight is 683 g/mol. The predicted molar refractivity (Wildman–Crippen MR) is 177 cm³/mol. The zero-order valence-corrected chi connectivity index (χ0v) is 27.7. The average Bonchev–Trinajstić information content (AvgIpc) is 3.45. The molecule has 0 unspecified atom stereocenters. The Balaban J connectivity index is 1.54. The van der Waals surface area contributed by atoms with Crippen LogP contribution in [0.15, 0.2) is 71.6 Å². The quantitative estimate of drug-likeness (QED) is 0.105. The van der Waals surface area contributed by atoms with E-state index in [4.69, 9.17) is 4.74 Å². The van der Waals surface area contributed by atoms with Crippen molar-refractivity contribution in [2.75, 3.05) is 32.1 Å². The smallest absolute Gasteiger partial charge is 0.413 e. The van der Waals surface area contributed by atoms with Gasteiger partial charge in [-0.3, -0.25) is 20.2 Å². The molecule has 1 aromatic heterocycles. The summed E-state index contributed by atoms with van der Waals surface area (Å²) in [6, 6.07) is 16.5. The number of methoxy groups -OCH3 is 1. The lowest BCUT2D eigenvalue weighted by Gasteiger charge is -2.30. The molecule has 4 rings (SSSR count). The Labute approximate surface area is 277 Å². The predicted octanol–water partition coefficient (Wildman–Crippen LogP) is 3.77. The van der Waals surface area contributed by atoms with Crippen LogP contribution in [0.25, 0.3) is 11.0 Å². The molecule has 2 amide bonds. The number of aliphatic hydroxyl groups is 1. The van der Waals surface area contributed by atoms with Gasteiger partial charge in [-0.1, -0.05) is 44.2 Å². The van der Waals surface area contributed by atoms with E-state index in [9.17, 15) is 33.2 Å². The Hall–Kier alpha value is -5.06. The maximum absolute atomic E-state index is 14.0. The first-order valence-electron chi connectivity index (χ1n) is 15.0. The number of amides is 2. The van der Waals surface area contributed by atoms with E-state index in [0.29, 0.717) is 16.6 Å². The molecular weight excluding hydrogens is 644 g/mol. The highest BCUT2D eigenvalue weighted by atomic mass is 32.2. The molecule has 0 aliphatic heterocycles. The number of aryl methyl sites for hydroxylation is 1. The van der Waals surface area contributed by atoms with Crippen molar-refractivity contribution in [2.24, 2.45) is 5.92 Å². The topological polar surface area (TPSA) is 206 Å². The van der Waals surface area contributed by atoms with Gasteiger partial charge in [0.1, 0.15) is 5.75 Å². The van der Waals surface area contributed by atoms with Gasteiger partial charge in [0.15, 0.2) is 6.61 Å². The second kappa shape index (κ2) is 15.7. The van der Waals surface area contributed by atoms with Crippen molar-refractivity contribution in [3.8, 4) is 5.75 Å². The Kier molecular flexibility index (Phi) is 11.7. The SMILES string of the molecule is COC(=O)Nc1nc2ccc(S(=O)(=O)N(CC(C)C)C[C@@H](O)[C@H](Cc3ccccc3)NC(=O)COc3ccc([N+](=O)[O-])cc3C)cc2[nH]1. The third-order valence-electron chi connectivity index (χ3n) is 7.29. The van der Waals surface area contributed by atoms with Crippen molar-refractivity contribution in [1.29, 1.82) is 0 Å². The van der Waals surface area contributed by atoms with E-state index >= 15 is 0 Å². The van der Waals surface area contributed by atoms with Crippen LogP contribution in [0.5, 0.6) is 5.75 Å². The normalized spacial score (nSPS) is 12.9. The number of imidazole rings is 1. The number of rotatable bonds is 15. The van der Waals surface area contributed by atoms with Crippen molar-refractivity contribution in [1.82, 2.24) is 19.6 Å². The summed E-state index contributed by atoms with van der Waals surface area (Å²) in [7, 11) is -2.97. The molecule has 4 N–H and O–H groups in total. The molecule has 0 bridgehead atoms. The van der Waals surface area contributed by atoms with Crippen LogP contribution in [0.3, 0.4) is 0 Å². The lowest BCUT2D eigenvalue weighted by atomic mass is 10.0. The number of fused-ring (bicyclic) bond motifs is 1. The third kappa shape index (κ3) is 9.27. The molecule has 0 aliphatic carbocycles. The monoisotopic (exact) mass is 682 g/mol. The number of ether oxygens (including phenoxy) is 2. The number of anilines is 1. The van der Waals surface area contributed by atoms with Crippen LogP contribution in [0.4, 0.5) is 16.4 Å². The molecular formula is C32H38N6O9S. The number of H-pyrrole nitrogens is 1. The second-order valence-corrected chi connectivity index (χ2v) is 13.5. The molecule has 0 saturated carbocycles. The van der Waals surface area contributed by atoms with Crippen LogP contribution in [-0.2, 0) is 26.0 Å². The minimum absolute atomic E-state index is 0.0633. The molecule has 15 nitrogen and oxygen atoms in total. The number of sulfonamides is 1. The summed E-state index contributed by atoms with van der Waals surface area (Å²) in [6.45, 7) is 4.60. The molecule has 0 aliphatic rings. The number of benzene rings is 3. The Morgan fingerprint density at radius 2 is 1.81 bits per heavy atom. The number of carbonyl (C=O) groups excluding carboxylic acids is 2. The Morgan fingerprint density at radius 3 is 2.46 bits per heavy atom. The van der Waals surface area contributed by atoms with Crippen molar-refractivity contribution in [3.05, 3.63) is 88.0 Å². The number of nitrogens with one attached hydrogen (secondary N) is 3. The molecule has 0 saturated heterocycles. The van der Waals surface area contributed by atoms with Gasteiger partial charge in [-0.2, -0.15) is 4.31 Å². The Bertz CT molecular complexity index is 1860. The van der Waals surface area contributed by atoms with Gasteiger partial charge in [0.25, 0.3) is 11.6 Å². The maximum Gasteiger partial charge on any atom is 0.413 e. The summed E-state index contributed by atoms with van der Waals surface area (Å²) in [5, 5.41) is 27.7. The van der Waals surface area contributed by atoms with Crippen LogP contribution in [0.1, 0.15) is 25.0 Å². The second-order valence-electron chi connectivity index (χ2n) is 11.5. The van der Waals surface area contributed by atoms with Crippen LogP contribution in [0.2, 0.25) is 0 Å². The van der Waals surface area contributed by atoms with Crippen LogP contribution < -0.4 is 15.4 Å². The number of hydrogen-bond acceptors (Lipinski definition) is 10. The van der Waals surface area contributed by atoms with Crippen molar-refractivity contribution in [3.63, 3.8) is 0 Å². The van der Waals surface area contributed by atoms with E-state index in [1.165, 1.54) is 47.8 Å². The fourth-order valence-corrected chi connectivity index (χ4v) is 6.62. The summed E-state index contributed by atoms with van der Waals surface area (Å²) in [5.41, 5.74) is 1.92. The summed E-state index contributed by atoms with van der Waals surface area (Å²) < 4.78 is 39.3. The lowest BCUT2D eigenvalue weighted by molar-refractivity contribution is -0.384. The van der Waals surface area contributed by atoms with Crippen LogP contribution >= 0.6 is 0 Å². The van der Waals surface area contributed by atoms with Crippen LogP contribution in [-0.4, -0.2) is 83.7 Å². The zero-order valence-electron chi connectivity index (χ0n) is 26.9. The van der Waals surface area contributed by atoms with E-state index < -0.39 is 45.7 Å². The number of aromatic amines is 1. The fraction of sp³-hybridized carbons (Fsp3) is 0.344. The van der Waals surface area contributed by atoms with Gasteiger partial charge >= 0.3 is 6.09 Å². The number of aliphatic hydroxyl groups excluding tert-OH is 1. The molecule has 16 heteroatoms. The first kappa shape index (κ1) is 35.8. The van der Waals surface area contributed by atoms with Gasteiger partial charge in [0, 0.05) is 25.2 Å². The highest BCUT2D eigenvalue weighted by Gasteiger charge is 2.32. The van der Waals surface area contributed by atoms with Gasteiger partial charge in [0.05, 0.1) is 40.1 Å². The zero-order chi connectivity index (χ0) is 35.0. The number of nitrogens with zero attached hydrogens (tertiary/aromatic N) is 3. The molecule has 48 heavy (non-hydrogen) atoms. The summed E-state index contributed by atoms with van der Waals surface area (Å²) in [6.07, 6.45) is -1.89. The highest BCUT2D eigenvalue weighted by Crippen LogP contribution is 2.25. The Morgan fingerprint density at radius 1 is 1.08 bits per heavy atom. The summed E-state index contributed by atoms with van der Waals surface area (Å²) >= 11 is 0. The first-order valence-corrected chi connectivity index (χ1v) is 16.4. The molecule has 0 spiro atoms. The van der Waals surface area contributed by atoms with Crippen molar-refractivity contribution in [2.45, 2.75) is 44.2 Å². The van der Waals surface area contributed by atoms with Crippen molar-refractivity contribution >= 4 is 44.7 Å². The van der Waals surface area contributed by atoms with Gasteiger partial charge < -0.3 is 24.9 Å². The molecule has 1 heterocycles. The molecule has 2 atom stereocenters. The van der Waals surface area contributed by atoms with Gasteiger partial charge in [0.2, 0.25) is 16.0 Å². The fourth-order valence-electron chi connectivity index (χ4n) is 4.97. The highest BCUT2D eigenvalue weighted by molar-refractivity contribution is 7.89. The minimum Gasteiger partial charge on any atom is -0.484 e. The molecule has 256 valence electrons. The maximum atomic E-state index is 14.0. The number of hydrogen-bond donors (Lipinski definition) is 4. The minimum atomic E-state index is -4.17. The number of carbonyl (C=O) groups is 2. The number of nitro benzene ring substituents is 1. The number of nitro groups is 1. The first-order chi connectivity index (χ1) is 22.8. The summed E-state index contributed by atoms with van der Waals surface area (Å²) in [5.74, 6) is -0.327. The number of non-ortho nitro benzene ring substituents is 1. The molecule has 3 aromatic carbocycles. The molecule has 0 radical (unpaired) electrons. The molecule has 0 fully saturated rings. The van der Waals surface area contributed by atoms with Gasteiger partial charge in [-0.15, -0.1) is 0 Å². The van der Waals surface area contributed by atoms with E-state index in [1.54, 1.807) is 6.92 Å². The van der Waals surface area contributed by atoms with Gasteiger partial charge in [-0.05, 0) is 54.7 Å². The van der Waals surface area contributed by atoms with Gasteiger partial charge in [-0.25, -0.2) is 18.2 Å².